The van der Waals surface area contributed by atoms with Gasteiger partial charge < -0.3 is 20.9 Å². The second-order valence-corrected chi connectivity index (χ2v) is 7.70. The van der Waals surface area contributed by atoms with Crippen molar-refractivity contribution in [2.45, 2.75) is 38.2 Å². The number of carbonyl (C=O) groups is 1. The van der Waals surface area contributed by atoms with Crippen molar-refractivity contribution in [2.75, 3.05) is 25.4 Å². The van der Waals surface area contributed by atoms with Gasteiger partial charge in [0.05, 0.1) is 28.4 Å². The highest BCUT2D eigenvalue weighted by molar-refractivity contribution is 6.38. The van der Waals surface area contributed by atoms with E-state index in [0.717, 1.165) is 25.7 Å². The predicted octanol–water partition coefficient (Wildman–Crippen LogP) is 4.54. The quantitative estimate of drug-likeness (QED) is 0.257. The summed E-state index contributed by atoms with van der Waals surface area (Å²) < 4.78 is 5.26. The molecular weight excluding hydrogens is 411 g/mol. The molecule has 7 heteroatoms. The molecule has 158 valence electrons. The number of nitrogens with one attached hydrogen (secondary N) is 1. The molecule has 4 N–H and O–H groups in total. The first kappa shape index (κ1) is 23.5. The van der Waals surface area contributed by atoms with Crippen LogP contribution in [0.1, 0.15) is 42.9 Å². The Morgan fingerprint density at radius 3 is 2.48 bits per heavy atom. The average molecular weight is 439 g/mol. The van der Waals surface area contributed by atoms with Crippen molar-refractivity contribution in [1.82, 2.24) is 5.32 Å². The van der Waals surface area contributed by atoms with Gasteiger partial charge in [0.25, 0.3) is 0 Å². The molecule has 0 saturated carbocycles. The van der Waals surface area contributed by atoms with Crippen molar-refractivity contribution in [1.29, 1.82) is 0 Å². The van der Waals surface area contributed by atoms with E-state index in [1.807, 2.05) is 18.2 Å². The maximum absolute atomic E-state index is 11.7. The molecule has 5 nitrogen and oxygen atoms in total. The van der Waals surface area contributed by atoms with Gasteiger partial charge in [0.1, 0.15) is 0 Å². The lowest BCUT2D eigenvalue weighted by Crippen LogP contribution is -2.23. The van der Waals surface area contributed by atoms with Crippen molar-refractivity contribution in [2.24, 2.45) is 0 Å². The summed E-state index contributed by atoms with van der Waals surface area (Å²) in [5.74, 6) is -0.151. The first-order valence-corrected chi connectivity index (χ1v) is 10.6. The van der Waals surface area contributed by atoms with Gasteiger partial charge >= 0.3 is 5.97 Å². The van der Waals surface area contributed by atoms with Crippen LogP contribution in [-0.4, -0.2) is 30.8 Å². The Bertz CT molecular complexity index is 749. The smallest absolute Gasteiger partial charge is 0.305 e. The van der Waals surface area contributed by atoms with Crippen LogP contribution < -0.4 is 11.1 Å². The summed E-state index contributed by atoms with van der Waals surface area (Å²) in [6.45, 7) is 1.49. The molecule has 0 heterocycles. The van der Waals surface area contributed by atoms with Crippen LogP contribution in [0.2, 0.25) is 10.0 Å². The Hall–Kier alpha value is -1.79. The van der Waals surface area contributed by atoms with Gasteiger partial charge in [-0.05, 0) is 55.5 Å². The molecule has 0 radical (unpaired) electrons. The molecule has 0 fully saturated rings. The number of ether oxygens (including phenoxy) is 1. The highest BCUT2D eigenvalue weighted by Gasteiger charge is 2.12. The summed E-state index contributed by atoms with van der Waals surface area (Å²) in [5.41, 5.74) is 7.86. The van der Waals surface area contributed by atoms with Crippen LogP contribution in [0.15, 0.2) is 42.5 Å². The number of carbonyl (C=O) groups excluding carboxylic acids is 1. The van der Waals surface area contributed by atoms with Crippen LogP contribution in [-0.2, 0) is 16.0 Å². The fourth-order valence-electron chi connectivity index (χ4n) is 2.84. The topological polar surface area (TPSA) is 84.6 Å². The summed E-state index contributed by atoms with van der Waals surface area (Å²) in [5, 5.41) is 14.0. The van der Waals surface area contributed by atoms with E-state index in [1.54, 1.807) is 12.1 Å². The van der Waals surface area contributed by atoms with Gasteiger partial charge in [-0.2, -0.15) is 0 Å². The SMILES string of the molecule is Nc1c(Cl)cc(C(O)CNCCCCOC(=O)CCCc2ccccc2)cc1Cl. The molecule has 29 heavy (non-hydrogen) atoms. The van der Waals surface area contributed by atoms with Crippen LogP contribution in [0.5, 0.6) is 0 Å². The number of halogens is 2. The highest BCUT2D eigenvalue weighted by atomic mass is 35.5. The standard InChI is InChI=1S/C22H28Cl2N2O3/c23-18-13-17(14-19(24)22(18)25)20(27)15-26-11-4-5-12-29-21(28)10-6-9-16-7-2-1-3-8-16/h1-3,7-8,13-14,20,26-27H,4-6,9-12,15,25H2. The largest absolute Gasteiger partial charge is 0.466 e. The Morgan fingerprint density at radius 1 is 1.10 bits per heavy atom. The number of nitrogen functional groups attached to an aromatic ring is 1. The summed E-state index contributed by atoms with van der Waals surface area (Å²) >= 11 is 12.0. The van der Waals surface area contributed by atoms with Crippen LogP contribution in [0, 0.1) is 0 Å². The van der Waals surface area contributed by atoms with E-state index >= 15 is 0 Å². The number of benzene rings is 2. The molecule has 0 aliphatic heterocycles. The van der Waals surface area contributed by atoms with Gasteiger partial charge in [0.15, 0.2) is 0 Å². The number of unbranched alkanes of at least 4 members (excludes halogenated alkanes) is 1. The van der Waals surface area contributed by atoms with Gasteiger partial charge in [0.2, 0.25) is 0 Å². The zero-order valence-corrected chi connectivity index (χ0v) is 17.9. The van der Waals surface area contributed by atoms with E-state index in [9.17, 15) is 9.90 Å². The molecule has 0 aromatic heterocycles. The van der Waals surface area contributed by atoms with Crippen molar-refractivity contribution in [3.63, 3.8) is 0 Å². The van der Waals surface area contributed by atoms with E-state index < -0.39 is 6.10 Å². The first-order chi connectivity index (χ1) is 14.0. The number of anilines is 1. The zero-order chi connectivity index (χ0) is 21.1. The number of hydrogen-bond donors (Lipinski definition) is 3. The van der Waals surface area contributed by atoms with Gasteiger partial charge in [-0.1, -0.05) is 53.5 Å². The number of nitrogens with two attached hydrogens (primary N) is 1. The van der Waals surface area contributed by atoms with E-state index in [1.165, 1.54) is 5.56 Å². The van der Waals surface area contributed by atoms with E-state index in [4.69, 9.17) is 33.7 Å². The number of esters is 1. The Morgan fingerprint density at radius 2 is 1.79 bits per heavy atom. The summed E-state index contributed by atoms with van der Waals surface area (Å²) in [4.78, 5) is 11.7. The Balaban J connectivity index is 1.51. The fraction of sp³-hybridized carbons (Fsp3) is 0.409. The maximum atomic E-state index is 11.7. The third-order valence-corrected chi connectivity index (χ3v) is 5.15. The summed E-state index contributed by atoms with van der Waals surface area (Å²) in [6, 6.07) is 13.3. The maximum Gasteiger partial charge on any atom is 0.305 e. The zero-order valence-electron chi connectivity index (χ0n) is 16.4. The minimum absolute atomic E-state index is 0.151. The number of aliphatic hydroxyl groups excluding tert-OH is 1. The van der Waals surface area contributed by atoms with Crippen LogP contribution >= 0.6 is 23.2 Å². The molecule has 0 spiro atoms. The fourth-order valence-corrected chi connectivity index (χ4v) is 3.35. The number of aryl methyl sites for hydroxylation is 1. The second-order valence-electron chi connectivity index (χ2n) is 6.88. The molecule has 0 aliphatic carbocycles. The van der Waals surface area contributed by atoms with Crippen LogP contribution in [0.25, 0.3) is 0 Å². The van der Waals surface area contributed by atoms with Crippen molar-refractivity contribution >= 4 is 34.9 Å². The molecule has 2 aromatic carbocycles. The molecule has 0 amide bonds. The first-order valence-electron chi connectivity index (χ1n) is 9.80. The lowest BCUT2D eigenvalue weighted by molar-refractivity contribution is -0.143. The molecule has 2 rings (SSSR count). The lowest BCUT2D eigenvalue weighted by atomic mass is 10.1. The molecule has 2 aromatic rings. The second kappa shape index (κ2) is 12.7. The molecule has 1 unspecified atom stereocenters. The third-order valence-electron chi connectivity index (χ3n) is 4.52. The Kier molecular flexibility index (Phi) is 10.3. The molecule has 1 atom stereocenters. The Labute approximate surface area is 182 Å². The van der Waals surface area contributed by atoms with Crippen LogP contribution in [0.3, 0.4) is 0 Å². The minimum atomic E-state index is -0.729. The lowest BCUT2D eigenvalue weighted by Gasteiger charge is -2.14. The summed E-state index contributed by atoms with van der Waals surface area (Å²) in [7, 11) is 0. The number of aliphatic hydroxyl groups is 1. The normalized spacial score (nSPS) is 12.0. The minimum Gasteiger partial charge on any atom is -0.466 e. The third kappa shape index (κ3) is 8.62. The van der Waals surface area contributed by atoms with Gasteiger partial charge in [-0.3, -0.25) is 4.79 Å². The van der Waals surface area contributed by atoms with Crippen LogP contribution in [0.4, 0.5) is 5.69 Å². The monoisotopic (exact) mass is 438 g/mol. The molecule has 0 saturated heterocycles. The van der Waals surface area contributed by atoms with E-state index in [-0.39, 0.29) is 5.97 Å². The number of rotatable bonds is 12. The van der Waals surface area contributed by atoms with Gasteiger partial charge in [0, 0.05) is 13.0 Å². The number of hydrogen-bond acceptors (Lipinski definition) is 5. The predicted molar refractivity (Wildman–Crippen MR) is 118 cm³/mol. The average Bonchev–Trinajstić information content (AvgIpc) is 2.71. The van der Waals surface area contributed by atoms with Gasteiger partial charge in [-0.25, -0.2) is 0 Å². The van der Waals surface area contributed by atoms with Gasteiger partial charge in [-0.15, -0.1) is 0 Å². The molecular formula is C22H28Cl2N2O3. The van der Waals surface area contributed by atoms with Crippen molar-refractivity contribution < 1.29 is 14.6 Å². The van der Waals surface area contributed by atoms with Crippen molar-refractivity contribution in [3.8, 4) is 0 Å². The van der Waals surface area contributed by atoms with E-state index in [2.05, 4.69) is 17.4 Å². The summed E-state index contributed by atoms with van der Waals surface area (Å²) in [6.07, 6.45) is 2.99. The van der Waals surface area contributed by atoms with E-state index in [0.29, 0.717) is 47.4 Å². The molecule has 0 aliphatic rings. The molecule has 0 bridgehead atoms. The van der Waals surface area contributed by atoms with Crippen molar-refractivity contribution in [3.05, 3.63) is 63.6 Å². The highest BCUT2D eigenvalue weighted by Crippen LogP contribution is 2.31.